The lowest BCUT2D eigenvalue weighted by molar-refractivity contribution is -0.137. The SMILES string of the molecule is O=C(CO)Oc1ccc(Cc2ccccc2)cc1. The first-order valence-corrected chi connectivity index (χ1v) is 5.72. The van der Waals surface area contributed by atoms with Gasteiger partial charge >= 0.3 is 5.97 Å². The van der Waals surface area contributed by atoms with Crippen LogP contribution in [-0.2, 0) is 11.2 Å². The zero-order valence-corrected chi connectivity index (χ0v) is 9.87. The van der Waals surface area contributed by atoms with Gasteiger partial charge in [0.1, 0.15) is 12.4 Å². The molecule has 0 fully saturated rings. The minimum absolute atomic E-state index is 0.450. The molecule has 92 valence electrons. The van der Waals surface area contributed by atoms with E-state index in [1.54, 1.807) is 12.1 Å². The molecule has 2 aromatic rings. The molecule has 0 saturated heterocycles. The van der Waals surface area contributed by atoms with E-state index in [9.17, 15) is 4.79 Å². The second-order valence-corrected chi connectivity index (χ2v) is 3.94. The highest BCUT2D eigenvalue weighted by Gasteiger charge is 2.02. The lowest BCUT2D eigenvalue weighted by Crippen LogP contribution is -2.12. The van der Waals surface area contributed by atoms with Gasteiger partial charge in [0.15, 0.2) is 0 Å². The van der Waals surface area contributed by atoms with Crippen LogP contribution in [0.4, 0.5) is 0 Å². The fourth-order valence-corrected chi connectivity index (χ4v) is 1.67. The Balaban J connectivity index is 2.02. The molecule has 0 aromatic heterocycles. The molecular formula is C15H14O3. The van der Waals surface area contributed by atoms with Crippen LogP contribution in [0.2, 0.25) is 0 Å². The van der Waals surface area contributed by atoms with Crippen LogP contribution in [0.5, 0.6) is 5.75 Å². The second-order valence-electron chi connectivity index (χ2n) is 3.94. The fourth-order valence-electron chi connectivity index (χ4n) is 1.67. The van der Waals surface area contributed by atoms with E-state index in [2.05, 4.69) is 12.1 Å². The van der Waals surface area contributed by atoms with E-state index in [0.717, 1.165) is 12.0 Å². The summed E-state index contributed by atoms with van der Waals surface area (Å²) in [4.78, 5) is 10.9. The van der Waals surface area contributed by atoms with Crippen LogP contribution in [-0.4, -0.2) is 17.7 Å². The Bertz CT molecular complexity index is 503. The van der Waals surface area contributed by atoms with Crippen LogP contribution in [0.3, 0.4) is 0 Å². The van der Waals surface area contributed by atoms with Gasteiger partial charge < -0.3 is 9.84 Å². The highest BCUT2D eigenvalue weighted by atomic mass is 16.5. The summed E-state index contributed by atoms with van der Waals surface area (Å²) < 4.78 is 4.88. The van der Waals surface area contributed by atoms with Crippen LogP contribution in [0.1, 0.15) is 11.1 Å². The average Bonchev–Trinajstić information content (AvgIpc) is 2.42. The number of aliphatic hydroxyl groups is 1. The number of carbonyl (C=O) groups excluding carboxylic acids is 1. The summed E-state index contributed by atoms with van der Waals surface area (Å²) in [5, 5.41) is 8.57. The van der Waals surface area contributed by atoms with E-state index in [4.69, 9.17) is 9.84 Å². The Kier molecular flexibility index (Phi) is 4.10. The molecule has 0 aliphatic heterocycles. The average molecular weight is 242 g/mol. The number of aliphatic hydroxyl groups excluding tert-OH is 1. The summed E-state index contributed by atoms with van der Waals surface area (Å²) in [5.41, 5.74) is 2.38. The van der Waals surface area contributed by atoms with E-state index in [0.29, 0.717) is 5.75 Å². The van der Waals surface area contributed by atoms with Crippen molar-refractivity contribution in [3.05, 3.63) is 65.7 Å². The van der Waals surface area contributed by atoms with Crippen LogP contribution >= 0.6 is 0 Å². The molecule has 0 spiro atoms. The minimum Gasteiger partial charge on any atom is -0.425 e. The van der Waals surface area contributed by atoms with E-state index in [1.807, 2.05) is 30.3 Å². The molecule has 2 aromatic carbocycles. The maximum atomic E-state index is 10.9. The monoisotopic (exact) mass is 242 g/mol. The molecule has 0 heterocycles. The summed E-state index contributed by atoms with van der Waals surface area (Å²) in [7, 11) is 0. The molecule has 0 bridgehead atoms. The molecule has 3 heteroatoms. The zero-order valence-electron chi connectivity index (χ0n) is 9.87. The summed E-state index contributed by atoms with van der Waals surface area (Å²) in [6, 6.07) is 17.4. The predicted octanol–water partition coefficient (Wildman–Crippen LogP) is 2.18. The molecule has 0 aliphatic rings. The van der Waals surface area contributed by atoms with Crippen molar-refractivity contribution < 1.29 is 14.6 Å². The molecule has 18 heavy (non-hydrogen) atoms. The first kappa shape index (κ1) is 12.3. The van der Waals surface area contributed by atoms with Crippen molar-refractivity contribution >= 4 is 5.97 Å². The highest BCUT2D eigenvalue weighted by molar-refractivity contribution is 5.73. The van der Waals surface area contributed by atoms with Crippen LogP contribution in [0.15, 0.2) is 54.6 Å². The zero-order chi connectivity index (χ0) is 12.8. The number of esters is 1. The van der Waals surface area contributed by atoms with Gasteiger partial charge in [-0.15, -0.1) is 0 Å². The Morgan fingerprint density at radius 1 is 0.944 bits per heavy atom. The maximum absolute atomic E-state index is 10.9. The van der Waals surface area contributed by atoms with Crippen LogP contribution in [0.25, 0.3) is 0 Å². The number of hydrogen-bond donors (Lipinski definition) is 1. The summed E-state index contributed by atoms with van der Waals surface area (Å²) in [6.07, 6.45) is 0.842. The smallest absolute Gasteiger partial charge is 0.337 e. The molecule has 0 saturated carbocycles. The Morgan fingerprint density at radius 2 is 1.56 bits per heavy atom. The molecule has 0 unspecified atom stereocenters. The third kappa shape index (κ3) is 3.43. The van der Waals surface area contributed by atoms with E-state index in [1.165, 1.54) is 5.56 Å². The van der Waals surface area contributed by atoms with Crippen LogP contribution < -0.4 is 4.74 Å². The third-order valence-electron chi connectivity index (χ3n) is 2.54. The Labute approximate surface area is 106 Å². The van der Waals surface area contributed by atoms with Gasteiger partial charge in [-0.1, -0.05) is 42.5 Å². The normalized spacial score (nSPS) is 10.1. The van der Waals surface area contributed by atoms with E-state index in [-0.39, 0.29) is 0 Å². The topological polar surface area (TPSA) is 46.5 Å². The lowest BCUT2D eigenvalue weighted by atomic mass is 10.1. The Hall–Kier alpha value is -2.13. The molecule has 2 rings (SSSR count). The largest absolute Gasteiger partial charge is 0.425 e. The Morgan fingerprint density at radius 3 is 2.17 bits per heavy atom. The predicted molar refractivity (Wildman–Crippen MR) is 68.4 cm³/mol. The van der Waals surface area contributed by atoms with Crippen molar-refractivity contribution in [1.29, 1.82) is 0 Å². The summed E-state index contributed by atoms with van der Waals surface area (Å²) in [5.74, 6) is -0.198. The van der Waals surface area contributed by atoms with Crippen molar-refractivity contribution in [2.75, 3.05) is 6.61 Å². The fraction of sp³-hybridized carbons (Fsp3) is 0.133. The van der Waals surface area contributed by atoms with Gasteiger partial charge in [-0.3, -0.25) is 0 Å². The molecule has 0 radical (unpaired) electrons. The van der Waals surface area contributed by atoms with Crippen molar-refractivity contribution in [1.82, 2.24) is 0 Å². The van der Waals surface area contributed by atoms with E-state index < -0.39 is 12.6 Å². The summed E-state index contributed by atoms with van der Waals surface area (Å²) >= 11 is 0. The van der Waals surface area contributed by atoms with Gasteiger partial charge in [0, 0.05) is 0 Å². The number of benzene rings is 2. The van der Waals surface area contributed by atoms with Crippen molar-refractivity contribution in [2.45, 2.75) is 6.42 Å². The lowest BCUT2D eigenvalue weighted by Gasteiger charge is -2.04. The van der Waals surface area contributed by atoms with Crippen LogP contribution in [0, 0.1) is 0 Å². The summed E-state index contributed by atoms with van der Waals surface area (Å²) in [6.45, 7) is -0.605. The molecule has 0 amide bonds. The maximum Gasteiger partial charge on any atom is 0.337 e. The standard InChI is InChI=1S/C15H14O3/c16-11-15(17)18-14-8-6-13(7-9-14)10-12-4-2-1-3-5-12/h1-9,16H,10-11H2. The van der Waals surface area contributed by atoms with Crippen molar-refractivity contribution in [2.24, 2.45) is 0 Å². The van der Waals surface area contributed by atoms with Crippen molar-refractivity contribution in [3.63, 3.8) is 0 Å². The number of hydrogen-bond acceptors (Lipinski definition) is 3. The first-order chi connectivity index (χ1) is 8.78. The quantitative estimate of drug-likeness (QED) is 0.660. The van der Waals surface area contributed by atoms with Gasteiger partial charge in [-0.25, -0.2) is 4.79 Å². The van der Waals surface area contributed by atoms with Gasteiger partial charge in [-0.05, 0) is 29.7 Å². The minimum atomic E-state index is -0.647. The molecule has 3 nitrogen and oxygen atoms in total. The molecule has 0 aliphatic carbocycles. The highest BCUT2D eigenvalue weighted by Crippen LogP contribution is 2.15. The van der Waals surface area contributed by atoms with Gasteiger partial charge in [0.25, 0.3) is 0 Å². The number of ether oxygens (including phenoxy) is 1. The number of carbonyl (C=O) groups is 1. The third-order valence-corrected chi connectivity index (χ3v) is 2.54. The number of rotatable bonds is 4. The van der Waals surface area contributed by atoms with Gasteiger partial charge in [0.2, 0.25) is 0 Å². The van der Waals surface area contributed by atoms with Gasteiger partial charge in [-0.2, -0.15) is 0 Å². The molecule has 0 atom stereocenters. The first-order valence-electron chi connectivity index (χ1n) is 5.72. The van der Waals surface area contributed by atoms with E-state index >= 15 is 0 Å². The van der Waals surface area contributed by atoms with Gasteiger partial charge in [0.05, 0.1) is 0 Å². The van der Waals surface area contributed by atoms with Crippen molar-refractivity contribution in [3.8, 4) is 5.75 Å². The molecular weight excluding hydrogens is 228 g/mol. The molecule has 1 N–H and O–H groups in total. The second kappa shape index (κ2) is 5.98.